The van der Waals surface area contributed by atoms with Crippen molar-refractivity contribution < 1.29 is 28.2 Å². The maximum Gasteiger partial charge on any atom is 0.312 e. The van der Waals surface area contributed by atoms with Crippen LogP contribution in [0.3, 0.4) is 0 Å². The maximum atomic E-state index is 12.9. The van der Waals surface area contributed by atoms with Crippen molar-refractivity contribution in [3.8, 4) is 5.75 Å². The molecule has 0 spiro atoms. The van der Waals surface area contributed by atoms with E-state index in [4.69, 9.17) is 9.47 Å². The molecule has 1 saturated heterocycles. The second kappa shape index (κ2) is 8.72. The Labute approximate surface area is 167 Å². The minimum Gasteiger partial charge on any atom is -0.495 e. The van der Waals surface area contributed by atoms with E-state index < -0.39 is 29.7 Å². The van der Waals surface area contributed by atoms with Crippen molar-refractivity contribution in [2.45, 2.75) is 19.4 Å². The zero-order chi connectivity index (χ0) is 21.0. The van der Waals surface area contributed by atoms with Crippen molar-refractivity contribution in [2.75, 3.05) is 23.9 Å². The first-order valence-electron chi connectivity index (χ1n) is 9.09. The average Bonchev–Trinajstić information content (AvgIpc) is 3.11. The van der Waals surface area contributed by atoms with Crippen molar-refractivity contribution in [2.24, 2.45) is 5.92 Å². The molecule has 0 radical (unpaired) electrons. The van der Waals surface area contributed by atoms with Crippen LogP contribution in [0.4, 0.5) is 15.8 Å². The number of para-hydroxylation sites is 2. The molecule has 1 heterocycles. The maximum absolute atomic E-state index is 12.9. The molecule has 0 unspecified atom stereocenters. The van der Waals surface area contributed by atoms with E-state index in [1.54, 1.807) is 24.3 Å². The molecule has 152 valence electrons. The number of carbonyl (C=O) groups excluding carboxylic acids is 3. The Balaban J connectivity index is 1.60. The van der Waals surface area contributed by atoms with Gasteiger partial charge in [-0.15, -0.1) is 0 Å². The van der Waals surface area contributed by atoms with E-state index in [-0.39, 0.29) is 18.9 Å². The van der Waals surface area contributed by atoms with Crippen LogP contribution in [0.15, 0.2) is 48.5 Å². The monoisotopic (exact) mass is 400 g/mol. The molecule has 0 saturated carbocycles. The fourth-order valence-corrected chi connectivity index (χ4v) is 3.05. The first-order valence-corrected chi connectivity index (χ1v) is 9.09. The highest BCUT2D eigenvalue weighted by molar-refractivity contribution is 6.01. The molecule has 7 nitrogen and oxygen atoms in total. The van der Waals surface area contributed by atoms with Gasteiger partial charge in [0, 0.05) is 18.7 Å². The first kappa shape index (κ1) is 20.3. The lowest BCUT2D eigenvalue weighted by Gasteiger charge is -2.20. The summed E-state index contributed by atoms with van der Waals surface area (Å²) in [4.78, 5) is 38.6. The SMILES string of the molecule is COc1ccccc1N1C[C@@H](C(=O)O[C@@H](C)C(=O)Nc2ccc(F)cc2)CC1=O. The Morgan fingerprint density at radius 3 is 2.55 bits per heavy atom. The number of hydrogen-bond acceptors (Lipinski definition) is 5. The molecule has 2 atom stereocenters. The van der Waals surface area contributed by atoms with E-state index in [0.29, 0.717) is 17.1 Å². The number of esters is 1. The topological polar surface area (TPSA) is 84.9 Å². The number of rotatable bonds is 6. The van der Waals surface area contributed by atoms with Crippen molar-refractivity contribution in [3.05, 3.63) is 54.3 Å². The number of hydrogen-bond donors (Lipinski definition) is 1. The zero-order valence-electron chi connectivity index (χ0n) is 16.1. The molecule has 1 aliphatic heterocycles. The third-order valence-corrected chi connectivity index (χ3v) is 4.61. The smallest absolute Gasteiger partial charge is 0.312 e. The summed E-state index contributed by atoms with van der Waals surface area (Å²) < 4.78 is 23.5. The molecule has 29 heavy (non-hydrogen) atoms. The predicted octanol–water partition coefficient (Wildman–Crippen LogP) is 2.76. The number of halogens is 1. The van der Waals surface area contributed by atoms with Gasteiger partial charge in [-0.1, -0.05) is 12.1 Å². The molecule has 0 aliphatic carbocycles. The molecular weight excluding hydrogens is 379 g/mol. The molecule has 8 heteroatoms. The molecule has 1 aliphatic rings. The number of nitrogens with one attached hydrogen (secondary N) is 1. The fourth-order valence-electron chi connectivity index (χ4n) is 3.05. The van der Waals surface area contributed by atoms with Gasteiger partial charge in [0.1, 0.15) is 11.6 Å². The Hall–Kier alpha value is -3.42. The van der Waals surface area contributed by atoms with Gasteiger partial charge < -0.3 is 19.7 Å². The molecule has 1 fully saturated rings. The van der Waals surface area contributed by atoms with Gasteiger partial charge in [0.05, 0.1) is 18.7 Å². The summed E-state index contributed by atoms with van der Waals surface area (Å²) in [5, 5.41) is 2.55. The van der Waals surface area contributed by atoms with Gasteiger partial charge in [-0.2, -0.15) is 0 Å². The van der Waals surface area contributed by atoms with Gasteiger partial charge in [-0.25, -0.2) is 4.39 Å². The molecule has 0 bridgehead atoms. The van der Waals surface area contributed by atoms with E-state index in [2.05, 4.69) is 5.32 Å². The molecule has 0 aromatic heterocycles. The molecule has 2 amide bonds. The fraction of sp³-hybridized carbons (Fsp3) is 0.286. The average molecular weight is 400 g/mol. The van der Waals surface area contributed by atoms with Crippen molar-refractivity contribution in [3.63, 3.8) is 0 Å². The van der Waals surface area contributed by atoms with E-state index >= 15 is 0 Å². The largest absolute Gasteiger partial charge is 0.495 e. The van der Waals surface area contributed by atoms with E-state index in [0.717, 1.165) is 0 Å². The number of anilines is 2. The normalized spacial score (nSPS) is 17.0. The second-order valence-electron chi connectivity index (χ2n) is 6.65. The zero-order valence-corrected chi connectivity index (χ0v) is 16.1. The second-order valence-corrected chi connectivity index (χ2v) is 6.65. The minimum atomic E-state index is -1.07. The van der Waals surface area contributed by atoms with Crippen LogP contribution in [0.25, 0.3) is 0 Å². The van der Waals surface area contributed by atoms with Crippen LogP contribution in [-0.2, 0) is 19.1 Å². The molecule has 2 aromatic carbocycles. The van der Waals surface area contributed by atoms with E-state index in [1.807, 2.05) is 0 Å². The quantitative estimate of drug-likeness (QED) is 0.754. The summed E-state index contributed by atoms with van der Waals surface area (Å²) in [7, 11) is 1.51. The standard InChI is InChI=1S/C21H21FN2O5/c1-13(20(26)23-16-9-7-15(22)8-10-16)29-21(27)14-11-19(25)24(12-14)17-5-3-4-6-18(17)28-2/h3-10,13-14H,11-12H2,1-2H3,(H,23,26)/t13-,14-/m0/s1. The Morgan fingerprint density at radius 2 is 1.86 bits per heavy atom. The van der Waals surface area contributed by atoms with Crippen molar-refractivity contribution in [1.82, 2.24) is 0 Å². The Bertz CT molecular complexity index is 916. The van der Waals surface area contributed by atoms with Gasteiger partial charge in [0.25, 0.3) is 5.91 Å². The van der Waals surface area contributed by atoms with Gasteiger partial charge in [0.2, 0.25) is 5.91 Å². The van der Waals surface area contributed by atoms with Crippen LogP contribution < -0.4 is 15.0 Å². The summed E-state index contributed by atoms with van der Waals surface area (Å²) in [6, 6.07) is 12.3. The number of carbonyl (C=O) groups is 3. The number of methoxy groups -OCH3 is 1. The summed E-state index contributed by atoms with van der Waals surface area (Å²) in [5.41, 5.74) is 0.968. The summed E-state index contributed by atoms with van der Waals surface area (Å²) in [6.07, 6.45) is -1.08. The third kappa shape index (κ3) is 4.71. The molecular formula is C21H21FN2O5. The number of ether oxygens (including phenoxy) is 2. The summed E-state index contributed by atoms with van der Waals surface area (Å²) >= 11 is 0. The van der Waals surface area contributed by atoms with Crippen LogP contribution in [-0.4, -0.2) is 37.5 Å². The lowest BCUT2D eigenvalue weighted by molar-refractivity contribution is -0.157. The number of nitrogens with zero attached hydrogens (tertiary/aromatic N) is 1. The summed E-state index contributed by atoms with van der Waals surface area (Å²) in [5.74, 6) is -1.98. The molecule has 3 rings (SSSR count). The van der Waals surface area contributed by atoms with Crippen LogP contribution in [0.1, 0.15) is 13.3 Å². The predicted molar refractivity (Wildman–Crippen MR) is 104 cm³/mol. The van der Waals surface area contributed by atoms with Crippen LogP contribution in [0, 0.1) is 11.7 Å². The first-order chi connectivity index (χ1) is 13.9. The Kier molecular flexibility index (Phi) is 6.11. The highest BCUT2D eigenvalue weighted by atomic mass is 19.1. The highest BCUT2D eigenvalue weighted by Crippen LogP contribution is 2.33. The van der Waals surface area contributed by atoms with Gasteiger partial charge >= 0.3 is 5.97 Å². The molecule has 1 N–H and O–H groups in total. The van der Waals surface area contributed by atoms with Gasteiger partial charge in [0.15, 0.2) is 6.10 Å². The lowest BCUT2D eigenvalue weighted by atomic mass is 10.1. The van der Waals surface area contributed by atoms with Gasteiger partial charge in [-0.05, 0) is 43.3 Å². The van der Waals surface area contributed by atoms with Crippen molar-refractivity contribution >= 4 is 29.2 Å². The van der Waals surface area contributed by atoms with Gasteiger partial charge in [-0.3, -0.25) is 14.4 Å². The molecule has 2 aromatic rings. The van der Waals surface area contributed by atoms with Crippen LogP contribution >= 0.6 is 0 Å². The Morgan fingerprint density at radius 1 is 1.17 bits per heavy atom. The summed E-state index contributed by atoms with van der Waals surface area (Å²) in [6.45, 7) is 1.58. The van der Waals surface area contributed by atoms with Crippen molar-refractivity contribution in [1.29, 1.82) is 0 Å². The van der Waals surface area contributed by atoms with E-state index in [9.17, 15) is 18.8 Å². The third-order valence-electron chi connectivity index (χ3n) is 4.61. The highest BCUT2D eigenvalue weighted by Gasteiger charge is 2.38. The van der Waals surface area contributed by atoms with Crippen LogP contribution in [0.5, 0.6) is 5.75 Å². The lowest BCUT2D eigenvalue weighted by Crippen LogP contribution is -2.33. The minimum absolute atomic E-state index is 0.0107. The van der Waals surface area contributed by atoms with E-state index in [1.165, 1.54) is 43.2 Å². The number of benzene rings is 2. The number of amides is 2. The van der Waals surface area contributed by atoms with Crippen LogP contribution in [0.2, 0.25) is 0 Å².